The molecule has 0 radical (unpaired) electrons. The minimum Gasteiger partial charge on any atom is -0.497 e. The zero-order chi connectivity index (χ0) is 14.6. The van der Waals surface area contributed by atoms with Crippen LogP contribution >= 0.6 is 7.60 Å². The van der Waals surface area contributed by atoms with Gasteiger partial charge in [0.2, 0.25) is 0 Å². The Morgan fingerprint density at radius 3 is 2.15 bits per heavy atom. The van der Waals surface area contributed by atoms with Gasteiger partial charge >= 0.3 is 7.60 Å². The highest BCUT2D eigenvalue weighted by Crippen LogP contribution is 2.51. The van der Waals surface area contributed by atoms with Gasteiger partial charge in [-0.1, -0.05) is 30.3 Å². The zero-order valence-electron chi connectivity index (χ0n) is 10.9. The summed E-state index contributed by atoms with van der Waals surface area (Å²) in [6.07, 6.45) is 0. The molecule has 0 fully saturated rings. The van der Waals surface area contributed by atoms with Crippen LogP contribution in [0.5, 0.6) is 5.75 Å². The van der Waals surface area contributed by atoms with Gasteiger partial charge in [-0.15, -0.1) is 0 Å². The lowest BCUT2D eigenvalue weighted by atomic mass is 10.2. The molecule has 3 N–H and O–H groups in total. The molecule has 0 unspecified atom stereocenters. The van der Waals surface area contributed by atoms with E-state index in [0.717, 1.165) is 0 Å². The van der Waals surface area contributed by atoms with Crippen LogP contribution in [-0.4, -0.2) is 16.9 Å². The lowest BCUT2D eigenvalue weighted by Gasteiger charge is -2.21. The van der Waals surface area contributed by atoms with Crippen molar-refractivity contribution in [1.82, 2.24) is 0 Å². The number of nitrogens with one attached hydrogen (secondary N) is 1. The molecule has 0 spiro atoms. The van der Waals surface area contributed by atoms with Crippen LogP contribution in [0.2, 0.25) is 0 Å². The van der Waals surface area contributed by atoms with Crippen LogP contribution in [0, 0.1) is 0 Å². The molecule has 1 atom stereocenters. The molecule has 0 heterocycles. The third-order valence-corrected chi connectivity index (χ3v) is 3.95. The van der Waals surface area contributed by atoms with Gasteiger partial charge in [0.15, 0.2) is 5.78 Å². The van der Waals surface area contributed by atoms with Crippen molar-refractivity contribution in [2.24, 2.45) is 0 Å². The standard InChI is InChI=1S/C14H16NO4P/c1-19-13-9-7-11(8-10-13)14(20(16,17)18)15-12-5-3-2-4-6-12/h2-10,14-15H,1H3,(H2,16,17,18)/t14-/m1/s1. The maximum Gasteiger partial charge on any atom is 0.352 e. The van der Waals surface area contributed by atoms with Gasteiger partial charge in [0, 0.05) is 5.69 Å². The second kappa shape index (κ2) is 6.09. The molecule has 6 heteroatoms. The van der Waals surface area contributed by atoms with Crippen molar-refractivity contribution >= 4 is 13.3 Å². The molecular weight excluding hydrogens is 277 g/mol. The second-order valence-corrected chi connectivity index (χ2v) is 5.97. The molecule has 0 aromatic heterocycles. The quantitative estimate of drug-likeness (QED) is 0.739. The first-order valence-corrected chi connectivity index (χ1v) is 7.69. The van der Waals surface area contributed by atoms with E-state index in [1.165, 1.54) is 7.11 Å². The van der Waals surface area contributed by atoms with Gasteiger partial charge in [-0.2, -0.15) is 0 Å². The Bertz CT molecular complexity index is 594. The molecule has 2 rings (SSSR count). The van der Waals surface area contributed by atoms with Crippen LogP contribution in [0.25, 0.3) is 0 Å². The number of hydrogen-bond acceptors (Lipinski definition) is 3. The van der Waals surface area contributed by atoms with Gasteiger partial charge in [-0.3, -0.25) is 4.57 Å². The Hall–Kier alpha value is -1.81. The van der Waals surface area contributed by atoms with E-state index in [-0.39, 0.29) is 0 Å². The zero-order valence-corrected chi connectivity index (χ0v) is 11.8. The van der Waals surface area contributed by atoms with Gasteiger partial charge in [-0.05, 0) is 29.8 Å². The lowest BCUT2D eigenvalue weighted by molar-refractivity contribution is 0.363. The smallest absolute Gasteiger partial charge is 0.352 e. The minimum absolute atomic E-state index is 0.503. The number of para-hydroxylation sites is 1. The molecule has 0 bridgehead atoms. The van der Waals surface area contributed by atoms with Crippen LogP contribution in [0.4, 0.5) is 5.69 Å². The molecule has 0 amide bonds. The molecule has 2 aromatic rings. The van der Waals surface area contributed by atoms with E-state index < -0.39 is 13.4 Å². The number of hydrogen-bond donors (Lipinski definition) is 3. The third kappa shape index (κ3) is 3.61. The number of ether oxygens (including phenoxy) is 1. The molecule has 0 aliphatic heterocycles. The van der Waals surface area contributed by atoms with Gasteiger partial charge in [0.25, 0.3) is 0 Å². The van der Waals surface area contributed by atoms with E-state index in [9.17, 15) is 14.4 Å². The van der Waals surface area contributed by atoms with Crippen molar-refractivity contribution < 1.29 is 19.1 Å². The molecule has 0 saturated carbocycles. The number of methoxy groups -OCH3 is 1. The summed E-state index contributed by atoms with van der Waals surface area (Å²) < 4.78 is 16.7. The average Bonchev–Trinajstić information content (AvgIpc) is 2.45. The molecule has 2 aromatic carbocycles. The highest BCUT2D eigenvalue weighted by atomic mass is 31.2. The summed E-state index contributed by atoms with van der Waals surface area (Å²) in [5.41, 5.74) is 1.15. The van der Waals surface area contributed by atoms with E-state index in [2.05, 4.69) is 5.32 Å². The van der Waals surface area contributed by atoms with E-state index >= 15 is 0 Å². The van der Waals surface area contributed by atoms with Crippen molar-refractivity contribution in [2.45, 2.75) is 5.78 Å². The summed E-state index contributed by atoms with van der Waals surface area (Å²) in [6.45, 7) is 0. The SMILES string of the molecule is COc1ccc([C@H](Nc2ccccc2)P(=O)(O)O)cc1. The molecule has 106 valence electrons. The van der Waals surface area contributed by atoms with E-state index in [0.29, 0.717) is 17.0 Å². The summed E-state index contributed by atoms with van der Waals surface area (Å²) in [5.74, 6) is -0.450. The molecule has 0 aliphatic rings. The van der Waals surface area contributed by atoms with Gasteiger partial charge in [-0.25, -0.2) is 0 Å². The van der Waals surface area contributed by atoms with Crippen LogP contribution in [0.3, 0.4) is 0 Å². The van der Waals surface area contributed by atoms with Crippen LogP contribution in [-0.2, 0) is 4.57 Å². The fourth-order valence-electron chi connectivity index (χ4n) is 1.84. The van der Waals surface area contributed by atoms with E-state index in [4.69, 9.17) is 4.74 Å². The maximum absolute atomic E-state index is 11.7. The number of anilines is 1. The first-order valence-electron chi connectivity index (χ1n) is 6.01. The van der Waals surface area contributed by atoms with Crippen molar-refractivity contribution in [3.8, 4) is 5.75 Å². The Morgan fingerprint density at radius 2 is 1.65 bits per heavy atom. The van der Waals surface area contributed by atoms with Crippen molar-refractivity contribution in [2.75, 3.05) is 12.4 Å². The summed E-state index contributed by atoms with van der Waals surface area (Å²) in [7, 11) is -2.80. The lowest BCUT2D eigenvalue weighted by Crippen LogP contribution is -2.11. The Morgan fingerprint density at radius 1 is 1.05 bits per heavy atom. The highest BCUT2D eigenvalue weighted by molar-refractivity contribution is 7.52. The fourth-order valence-corrected chi connectivity index (χ4v) is 2.72. The predicted octanol–water partition coefficient (Wildman–Crippen LogP) is 2.98. The summed E-state index contributed by atoms with van der Waals surface area (Å²) in [4.78, 5) is 19.1. The minimum atomic E-state index is -4.34. The summed E-state index contributed by atoms with van der Waals surface area (Å²) >= 11 is 0. The second-order valence-electron chi connectivity index (χ2n) is 4.28. The van der Waals surface area contributed by atoms with Crippen molar-refractivity contribution in [1.29, 1.82) is 0 Å². The van der Waals surface area contributed by atoms with Crippen molar-refractivity contribution in [3.63, 3.8) is 0 Å². The molecular formula is C14H16NO4P. The first kappa shape index (κ1) is 14.6. The molecule has 0 saturated heterocycles. The normalized spacial score (nSPS) is 12.8. The molecule has 0 aliphatic carbocycles. The molecule has 5 nitrogen and oxygen atoms in total. The summed E-state index contributed by atoms with van der Waals surface area (Å²) in [6, 6.07) is 15.6. The number of rotatable bonds is 5. The first-order chi connectivity index (χ1) is 9.50. The predicted molar refractivity (Wildman–Crippen MR) is 77.8 cm³/mol. The maximum atomic E-state index is 11.7. The number of benzene rings is 2. The van der Waals surface area contributed by atoms with E-state index in [1.54, 1.807) is 48.5 Å². The summed E-state index contributed by atoms with van der Waals surface area (Å²) in [5, 5.41) is 2.87. The van der Waals surface area contributed by atoms with Crippen LogP contribution < -0.4 is 10.1 Å². The van der Waals surface area contributed by atoms with Crippen LogP contribution in [0.1, 0.15) is 11.3 Å². The van der Waals surface area contributed by atoms with Gasteiger partial charge < -0.3 is 19.8 Å². The largest absolute Gasteiger partial charge is 0.497 e. The third-order valence-electron chi connectivity index (χ3n) is 2.85. The fraction of sp³-hybridized carbons (Fsp3) is 0.143. The Balaban J connectivity index is 2.30. The molecule has 20 heavy (non-hydrogen) atoms. The van der Waals surface area contributed by atoms with Gasteiger partial charge in [0.1, 0.15) is 5.75 Å². The van der Waals surface area contributed by atoms with Gasteiger partial charge in [0.05, 0.1) is 7.11 Å². The average molecular weight is 293 g/mol. The monoisotopic (exact) mass is 293 g/mol. The van der Waals surface area contributed by atoms with E-state index in [1.807, 2.05) is 6.07 Å². The topological polar surface area (TPSA) is 78.8 Å². The van der Waals surface area contributed by atoms with Crippen LogP contribution in [0.15, 0.2) is 54.6 Å². The highest BCUT2D eigenvalue weighted by Gasteiger charge is 2.30. The Labute approximate surface area is 117 Å². The van der Waals surface area contributed by atoms with Crippen molar-refractivity contribution in [3.05, 3.63) is 60.2 Å². The Kier molecular flexibility index (Phi) is 4.45.